The fourth-order valence-corrected chi connectivity index (χ4v) is 5.84. The van der Waals surface area contributed by atoms with E-state index in [1.807, 2.05) is 12.1 Å². The molecule has 2 heterocycles. The van der Waals surface area contributed by atoms with Crippen LogP contribution in [-0.2, 0) is 17.8 Å². The molecule has 0 bridgehead atoms. The minimum atomic E-state index is -0.528. The van der Waals surface area contributed by atoms with Gasteiger partial charge < -0.3 is 30.5 Å². The Balaban J connectivity index is 1.38. The molecule has 2 aromatic rings. The summed E-state index contributed by atoms with van der Waals surface area (Å²) in [6.45, 7) is 2.68. The normalized spacial score (nSPS) is 22.8. The summed E-state index contributed by atoms with van der Waals surface area (Å²) < 4.78 is 12.5. The van der Waals surface area contributed by atoms with Crippen LogP contribution in [0.2, 0.25) is 0 Å². The van der Waals surface area contributed by atoms with Crippen molar-refractivity contribution in [3.63, 3.8) is 0 Å². The number of anilines is 1. The molecule has 1 aromatic carbocycles. The number of nitrogens with two attached hydrogens (primary N) is 1. The van der Waals surface area contributed by atoms with Crippen LogP contribution in [0.15, 0.2) is 30.5 Å². The highest BCUT2D eigenvalue weighted by Crippen LogP contribution is 2.32. The van der Waals surface area contributed by atoms with Crippen LogP contribution >= 0.6 is 0 Å². The Bertz CT molecular complexity index is 1140. The van der Waals surface area contributed by atoms with Crippen LogP contribution in [0.4, 0.5) is 5.82 Å². The van der Waals surface area contributed by atoms with Gasteiger partial charge in [0, 0.05) is 29.8 Å². The summed E-state index contributed by atoms with van der Waals surface area (Å²) in [4.78, 5) is 4.24. The van der Waals surface area contributed by atoms with Gasteiger partial charge in [-0.1, -0.05) is 31.3 Å². The van der Waals surface area contributed by atoms with Crippen molar-refractivity contribution in [2.45, 2.75) is 109 Å². The topological polar surface area (TPSA) is 118 Å². The van der Waals surface area contributed by atoms with E-state index in [1.54, 1.807) is 18.3 Å². The Morgan fingerprint density at radius 2 is 1.98 bits per heavy atom. The van der Waals surface area contributed by atoms with Crippen molar-refractivity contribution in [2.24, 2.45) is 11.8 Å². The lowest BCUT2D eigenvalue weighted by atomic mass is 9.84. The average Bonchev–Trinajstić information content (AvgIpc) is 2.98. The van der Waals surface area contributed by atoms with Crippen molar-refractivity contribution < 1.29 is 24.8 Å². The number of ether oxygens (including phenoxy) is 2. The lowest BCUT2D eigenvalue weighted by Crippen LogP contribution is -2.23. The number of aromatic hydroxyl groups is 1. The number of aryl methyl sites for hydroxylation is 1. The second-order valence-corrected chi connectivity index (χ2v) is 11.6. The molecule has 0 saturated heterocycles. The molecule has 7 nitrogen and oxygen atoms in total. The van der Waals surface area contributed by atoms with Gasteiger partial charge in [0.05, 0.1) is 24.9 Å². The zero-order chi connectivity index (χ0) is 28.3. The Morgan fingerprint density at radius 3 is 2.77 bits per heavy atom. The lowest BCUT2D eigenvalue weighted by molar-refractivity contribution is -0.00631. The van der Waals surface area contributed by atoms with Crippen LogP contribution in [0.5, 0.6) is 11.5 Å². The molecule has 1 aliphatic heterocycles. The standard InChI is InChI=1S/C33H46N2O5/c1-23-9-12-26-19-33(34)35-21-27(26)22-39-30(15-13-25(23)6-5-17-36)20-28(37)14-10-24-11-16-31(38)32(18-24)40-29-7-3-2-4-8-29/h11,16,18-19,21,23,25,28-30,36-38H,2-8,10,13-15,17,20,22H2,1H3,(H2,34,35)/t23-,25+,28-,30+/m1/s1. The first-order chi connectivity index (χ1) is 19.4. The summed E-state index contributed by atoms with van der Waals surface area (Å²) >= 11 is 0. The Labute approximate surface area is 239 Å². The van der Waals surface area contributed by atoms with Gasteiger partial charge in [-0.05, 0) is 100 Å². The first-order valence-corrected chi connectivity index (χ1v) is 15.1. The third kappa shape index (κ3) is 9.12. The van der Waals surface area contributed by atoms with E-state index in [0.29, 0.717) is 43.4 Å². The number of rotatable bonds is 10. The number of nitrogen functional groups attached to an aromatic ring is 1. The molecule has 5 N–H and O–H groups in total. The van der Waals surface area contributed by atoms with Gasteiger partial charge in [-0.2, -0.15) is 0 Å². The largest absolute Gasteiger partial charge is 0.504 e. The number of phenols is 1. The summed E-state index contributed by atoms with van der Waals surface area (Å²) in [5, 5.41) is 30.8. The third-order valence-electron chi connectivity index (χ3n) is 8.39. The Hall–Kier alpha value is -2.79. The maximum Gasteiger partial charge on any atom is 0.161 e. The van der Waals surface area contributed by atoms with Gasteiger partial charge >= 0.3 is 0 Å². The van der Waals surface area contributed by atoms with Crippen LogP contribution in [0, 0.1) is 23.7 Å². The number of aliphatic hydroxyl groups excluding tert-OH is 2. The number of hydrogen-bond acceptors (Lipinski definition) is 7. The first kappa shape index (κ1) is 30.2. The van der Waals surface area contributed by atoms with Crippen LogP contribution in [-0.4, -0.2) is 45.2 Å². The molecule has 0 spiro atoms. The highest BCUT2D eigenvalue weighted by molar-refractivity contribution is 5.47. The van der Waals surface area contributed by atoms with Crippen molar-refractivity contribution >= 4 is 5.82 Å². The molecule has 2 aliphatic rings. The third-order valence-corrected chi connectivity index (χ3v) is 8.39. The van der Waals surface area contributed by atoms with Gasteiger partial charge in [0.15, 0.2) is 11.5 Å². The second-order valence-electron chi connectivity index (χ2n) is 11.6. The van der Waals surface area contributed by atoms with E-state index in [0.717, 1.165) is 55.2 Å². The average molecular weight is 551 g/mol. The zero-order valence-electron chi connectivity index (χ0n) is 23.9. The minimum absolute atomic E-state index is 0.118. The number of aromatic nitrogens is 1. The van der Waals surface area contributed by atoms with E-state index in [4.69, 9.17) is 15.2 Å². The van der Waals surface area contributed by atoms with E-state index in [9.17, 15) is 15.3 Å². The highest BCUT2D eigenvalue weighted by Gasteiger charge is 2.23. The molecule has 0 amide bonds. The quantitative estimate of drug-likeness (QED) is 0.288. The van der Waals surface area contributed by atoms with E-state index in [1.165, 1.54) is 19.3 Å². The zero-order valence-corrected chi connectivity index (χ0v) is 23.9. The predicted molar refractivity (Wildman–Crippen MR) is 157 cm³/mol. The lowest BCUT2D eigenvalue weighted by Gasteiger charge is -2.25. The highest BCUT2D eigenvalue weighted by atomic mass is 16.5. The number of phenolic OH excluding ortho intramolecular Hbond substituents is 1. The summed E-state index contributed by atoms with van der Waals surface area (Å²) in [5.74, 6) is 8.35. The fraction of sp³-hybridized carbons (Fsp3) is 0.606. The molecular formula is C33H46N2O5. The Morgan fingerprint density at radius 1 is 1.15 bits per heavy atom. The van der Waals surface area contributed by atoms with Gasteiger partial charge in [0.2, 0.25) is 0 Å². The number of fused-ring (bicyclic) bond motifs is 1. The molecule has 0 radical (unpaired) electrons. The molecule has 0 unspecified atom stereocenters. The smallest absolute Gasteiger partial charge is 0.161 e. The summed E-state index contributed by atoms with van der Waals surface area (Å²) in [6.07, 6.45) is 12.1. The van der Waals surface area contributed by atoms with Gasteiger partial charge in [0.1, 0.15) is 5.82 Å². The molecular weight excluding hydrogens is 504 g/mol. The van der Waals surface area contributed by atoms with Crippen LogP contribution in [0.3, 0.4) is 0 Å². The maximum atomic E-state index is 11.0. The number of nitrogens with zero attached hydrogens (tertiary/aromatic N) is 1. The summed E-state index contributed by atoms with van der Waals surface area (Å²) in [7, 11) is 0. The minimum Gasteiger partial charge on any atom is -0.504 e. The SMILES string of the molecule is C[C@@H]1C#Cc2cc(N)ncc2CO[C@H](C[C@H](O)CCc2ccc(O)c(OC3CCCCC3)c2)CC[C@@H]1CCCO. The van der Waals surface area contributed by atoms with Gasteiger partial charge in [-0.25, -0.2) is 4.98 Å². The predicted octanol–water partition coefficient (Wildman–Crippen LogP) is 5.52. The summed E-state index contributed by atoms with van der Waals surface area (Å²) in [5.41, 5.74) is 8.71. The fourth-order valence-electron chi connectivity index (χ4n) is 5.84. The number of benzene rings is 1. The van der Waals surface area contributed by atoms with Crippen molar-refractivity contribution in [3.8, 4) is 23.3 Å². The van der Waals surface area contributed by atoms with Gasteiger partial charge in [-0.15, -0.1) is 0 Å². The van der Waals surface area contributed by atoms with Crippen molar-refractivity contribution in [2.75, 3.05) is 12.3 Å². The molecule has 1 aromatic heterocycles. The molecule has 1 saturated carbocycles. The second kappa shape index (κ2) is 15.3. The van der Waals surface area contributed by atoms with Crippen LogP contribution < -0.4 is 10.5 Å². The van der Waals surface area contributed by atoms with E-state index in [-0.39, 0.29) is 30.5 Å². The Kier molecular flexibility index (Phi) is 11.5. The number of pyridine rings is 1. The maximum absolute atomic E-state index is 11.0. The van der Waals surface area contributed by atoms with Crippen molar-refractivity contribution in [3.05, 3.63) is 47.2 Å². The van der Waals surface area contributed by atoms with E-state index in [2.05, 4.69) is 23.7 Å². The monoisotopic (exact) mass is 550 g/mol. The molecule has 1 fully saturated rings. The summed E-state index contributed by atoms with van der Waals surface area (Å²) in [6, 6.07) is 7.32. The van der Waals surface area contributed by atoms with Crippen LogP contribution in [0.25, 0.3) is 0 Å². The van der Waals surface area contributed by atoms with Gasteiger partial charge in [-0.3, -0.25) is 0 Å². The molecule has 7 heteroatoms. The molecule has 40 heavy (non-hydrogen) atoms. The molecule has 1 aliphatic carbocycles. The molecule has 218 valence electrons. The number of aliphatic hydroxyl groups is 2. The van der Waals surface area contributed by atoms with Crippen molar-refractivity contribution in [1.82, 2.24) is 4.98 Å². The van der Waals surface area contributed by atoms with Gasteiger partial charge in [0.25, 0.3) is 0 Å². The van der Waals surface area contributed by atoms with E-state index < -0.39 is 6.10 Å². The first-order valence-electron chi connectivity index (χ1n) is 15.1. The number of hydrogen-bond donors (Lipinski definition) is 4. The molecule has 4 rings (SSSR count). The van der Waals surface area contributed by atoms with E-state index >= 15 is 0 Å². The van der Waals surface area contributed by atoms with Crippen LogP contribution in [0.1, 0.15) is 94.2 Å². The molecule has 4 atom stereocenters. The van der Waals surface area contributed by atoms with Crippen molar-refractivity contribution in [1.29, 1.82) is 0 Å².